The zero-order valence-corrected chi connectivity index (χ0v) is 30.5. The van der Waals surface area contributed by atoms with Gasteiger partial charge in [0, 0.05) is 47.4 Å². The van der Waals surface area contributed by atoms with E-state index in [2.05, 4.69) is 46.4 Å². The molecule has 268 valence electrons. The smallest absolute Gasteiger partial charge is 0.410 e. The third kappa shape index (κ3) is 6.31. The molecule has 2 amide bonds. The average molecular weight is 701 g/mol. The fourth-order valence-electron chi connectivity index (χ4n) is 7.50. The maximum atomic E-state index is 13.0. The summed E-state index contributed by atoms with van der Waals surface area (Å²) in [5.41, 5.74) is 4.14. The van der Waals surface area contributed by atoms with Gasteiger partial charge in [-0.05, 0) is 90.1 Å². The van der Waals surface area contributed by atoms with Crippen LogP contribution in [0.4, 0.5) is 9.59 Å². The standard InChI is InChI=1S/C40H44N8O4/c1-39(2,3)51-37(49)47-17-7-9-31(47)35-43-21-29(45-35)23-11-13-25-26-14-12-24(20-28(26)34-33(27(25)19-23)41-15-16-42-34)30-22-44-36(46-30)32-10-8-18-48(32)38(50)52-40(4,5)6/h11-16,19-22,31-32H,7-10,17-18H2,1-6H3,(H,43,45)(H,44,46)/t31-,32-/m0/s1. The Labute approximate surface area is 302 Å². The van der Waals surface area contributed by atoms with Gasteiger partial charge in [-0.3, -0.25) is 19.8 Å². The monoisotopic (exact) mass is 700 g/mol. The summed E-state index contributed by atoms with van der Waals surface area (Å²) in [5.74, 6) is 1.50. The van der Waals surface area contributed by atoms with E-state index in [0.717, 1.165) is 92.4 Å². The highest BCUT2D eigenvalue weighted by Crippen LogP contribution is 2.39. The van der Waals surface area contributed by atoms with E-state index in [4.69, 9.17) is 29.4 Å². The number of hydrogen-bond acceptors (Lipinski definition) is 8. The minimum absolute atomic E-state index is 0.165. The van der Waals surface area contributed by atoms with E-state index in [9.17, 15) is 9.59 Å². The van der Waals surface area contributed by atoms with Crippen molar-refractivity contribution in [1.82, 2.24) is 39.7 Å². The van der Waals surface area contributed by atoms with Gasteiger partial charge in [-0.15, -0.1) is 0 Å². The quantitative estimate of drug-likeness (QED) is 0.174. The summed E-state index contributed by atoms with van der Waals surface area (Å²) in [6.45, 7) is 12.6. The molecule has 2 aliphatic heterocycles. The van der Waals surface area contributed by atoms with Crippen molar-refractivity contribution in [2.75, 3.05) is 13.1 Å². The van der Waals surface area contributed by atoms with Crippen molar-refractivity contribution in [2.24, 2.45) is 0 Å². The zero-order chi connectivity index (χ0) is 36.4. The van der Waals surface area contributed by atoms with E-state index in [1.165, 1.54) is 0 Å². The second-order valence-corrected chi connectivity index (χ2v) is 15.8. The van der Waals surface area contributed by atoms with Gasteiger partial charge in [0.25, 0.3) is 0 Å². The van der Waals surface area contributed by atoms with Crippen LogP contribution in [0.2, 0.25) is 0 Å². The molecule has 0 aliphatic carbocycles. The summed E-state index contributed by atoms with van der Waals surface area (Å²) in [6.07, 6.45) is 9.92. The highest BCUT2D eigenvalue weighted by molar-refractivity contribution is 6.24. The number of carbonyl (C=O) groups is 2. The van der Waals surface area contributed by atoms with Crippen LogP contribution in [0, 0.1) is 0 Å². The molecule has 0 saturated carbocycles. The number of aromatic amines is 2. The molecule has 3 aromatic carbocycles. The molecule has 6 aromatic rings. The van der Waals surface area contributed by atoms with Crippen LogP contribution in [0.15, 0.2) is 61.2 Å². The SMILES string of the molecule is CC(C)(C)OC(=O)N1CCC[C@H]1c1ncc(-c2ccc3c4ccc(-c5cnc([C@@H]6CCCN6C(=O)OC(C)(C)C)[nH]5)cc4c4nccnc4c3c2)[nH]1. The van der Waals surface area contributed by atoms with Gasteiger partial charge in [0.1, 0.15) is 22.9 Å². The van der Waals surface area contributed by atoms with Crippen molar-refractivity contribution < 1.29 is 19.1 Å². The molecule has 0 spiro atoms. The number of fused-ring (bicyclic) bond motifs is 6. The summed E-state index contributed by atoms with van der Waals surface area (Å²) in [6, 6.07) is 12.4. The number of amides is 2. The van der Waals surface area contributed by atoms with Gasteiger partial charge in [0.2, 0.25) is 0 Å². The number of nitrogens with one attached hydrogen (secondary N) is 2. The van der Waals surface area contributed by atoms with Crippen LogP contribution in [0.3, 0.4) is 0 Å². The van der Waals surface area contributed by atoms with Crippen LogP contribution >= 0.6 is 0 Å². The lowest BCUT2D eigenvalue weighted by Gasteiger charge is -2.27. The lowest BCUT2D eigenvalue weighted by molar-refractivity contribution is 0.0208. The highest BCUT2D eigenvalue weighted by atomic mass is 16.6. The summed E-state index contributed by atoms with van der Waals surface area (Å²) < 4.78 is 11.4. The largest absolute Gasteiger partial charge is 0.444 e. The minimum Gasteiger partial charge on any atom is -0.444 e. The second-order valence-electron chi connectivity index (χ2n) is 15.8. The molecule has 0 radical (unpaired) electrons. The van der Waals surface area contributed by atoms with Gasteiger partial charge in [-0.2, -0.15) is 0 Å². The van der Waals surface area contributed by atoms with Gasteiger partial charge in [-0.1, -0.05) is 24.3 Å². The Balaban J connectivity index is 1.11. The lowest BCUT2D eigenvalue weighted by Crippen LogP contribution is -2.36. The van der Waals surface area contributed by atoms with Crippen molar-refractivity contribution in [1.29, 1.82) is 0 Å². The molecule has 2 atom stereocenters. The number of H-pyrrole nitrogens is 2. The summed E-state index contributed by atoms with van der Waals surface area (Å²) in [4.78, 5) is 55.5. The predicted molar refractivity (Wildman–Crippen MR) is 200 cm³/mol. The Kier molecular flexibility index (Phi) is 8.15. The Hall–Kier alpha value is -5.52. The van der Waals surface area contributed by atoms with E-state index in [0.29, 0.717) is 13.1 Å². The second kappa shape index (κ2) is 12.6. The summed E-state index contributed by atoms with van der Waals surface area (Å²) in [7, 11) is 0. The first-order valence-electron chi connectivity index (χ1n) is 18.0. The number of rotatable bonds is 4. The zero-order valence-electron chi connectivity index (χ0n) is 30.5. The average Bonchev–Trinajstić information content (AvgIpc) is 3.92. The molecule has 12 nitrogen and oxygen atoms in total. The number of carbonyl (C=O) groups excluding carboxylic acids is 2. The van der Waals surface area contributed by atoms with Crippen molar-refractivity contribution >= 4 is 44.8 Å². The molecule has 2 N–H and O–H groups in total. The first-order chi connectivity index (χ1) is 24.8. The van der Waals surface area contributed by atoms with Gasteiger partial charge in [0.05, 0.1) is 46.9 Å². The Morgan fingerprint density at radius 3 is 1.46 bits per heavy atom. The molecule has 52 heavy (non-hydrogen) atoms. The van der Waals surface area contributed by atoms with Crippen LogP contribution in [-0.4, -0.2) is 76.2 Å². The van der Waals surface area contributed by atoms with Crippen LogP contribution in [0.5, 0.6) is 0 Å². The van der Waals surface area contributed by atoms with Crippen LogP contribution < -0.4 is 0 Å². The third-order valence-corrected chi connectivity index (χ3v) is 9.74. The lowest BCUT2D eigenvalue weighted by atomic mass is 9.95. The molecule has 2 saturated heterocycles. The van der Waals surface area contributed by atoms with E-state index < -0.39 is 11.2 Å². The normalized spacial score (nSPS) is 18.2. The van der Waals surface area contributed by atoms with Crippen molar-refractivity contribution in [2.45, 2.75) is 90.5 Å². The number of hydrogen-bond donors (Lipinski definition) is 2. The van der Waals surface area contributed by atoms with Gasteiger partial charge < -0.3 is 19.4 Å². The van der Waals surface area contributed by atoms with Gasteiger partial charge >= 0.3 is 12.2 Å². The first-order valence-corrected chi connectivity index (χ1v) is 18.0. The minimum atomic E-state index is -0.564. The third-order valence-electron chi connectivity index (χ3n) is 9.74. The van der Waals surface area contributed by atoms with E-state index >= 15 is 0 Å². The van der Waals surface area contributed by atoms with Crippen molar-refractivity contribution in [3.05, 3.63) is 72.8 Å². The highest BCUT2D eigenvalue weighted by Gasteiger charge is 2.36. The Morgan fingerprint density at radius 1 is 0.635 bits per heavy atom. The first kappa shape index (κ1) is 33.6. The van der Waals surface area contributed by atoms with Crippen molar-refractivity contribution in [3.8, 4) is 22.5 Å². The maximum absolute atomic E-state index is 13.0. The molecule has 8 rings (SSSR count). The van der Waals surface area contributed by atoms with E-state index in [1.807, 2.05) is 53.9 Å². The van der Waals surface area contributed by atoms with Crippen LogP contribution in [0.25, 0.3) is 55.1 Å². The van der Waals surface area contributed by atoms with Gasteiger partial charge in [-0.25, -0.2) is 19.6 Å². The molecule has 5 heterocycles. The fourth-order valence-corrected chi connectivity index (χ4v) is 7.50. The number of ether oxygens (including phenoxy) is 2. The Morgan fingerprint density at radius 2 is 1.06 bits per heavy atom. The van der Waals surface area contributed by atoms with Crippen LogP contribution in [-0.2, 0) is 9.47 Å². The molecule has 2 aliphatic rings. The topological polar surface area (TPSA) is 142 Å². The summed E-state index contributed by atoms with van der Waals surface area (Å²) in [5, 5.41) is 4.10. The maximum Gasteiger partial charge on any atom is 0.410 e. The number of likely N-dealkylation sites (tertiary alicyclic amines) is 2. The molecule has 0 bridgehead atoms. The molecular formula is C40H44N8O4. The molecular weight excluding hydrogens is 656 g/mol. The van der Waals surface area contributed by atoms with E-state index in [-0.39, 0.29) is 24.3 Å². The summed E-state index contributed by atoms with van der Waals surface area (Å²) >= 11 is 0. The van der Waals surface area contributed by atoms with Crippen LogP contribution in [0.1, 0.15) is 91.0 Å². The number of imidazole rings is 2. The fraction of sp³-hybridized carbons (Fsp3) is 0.400. The van der Waals surface area contributed by atoms with E-state index in [1.54, 1.807) is 22.2 Å². The van der Waals surface area contributed by atoms with Crippen molar-refractivity contribution in [3.63, 3.8) is 0 Å². The molecule has 2 fully saturated rings. The predicted octanol–water partition coefficient (Wildman–Crippen LogP) is 8.86. The number of aromatic nitrogens is 6. The molecule has 3 aromatic heterocycles. The van der Waals surface area contributed by atoms with Gasteiger partial charge in [0.15, 0.2) is 0 Å². The number of nitrogens with zero attached hydrogens (tertiary/aromatic N) is 6. The molecule has 0 unspecified atom stereocenters. The Bertz CT molecular complexity index is 2150. The molecule has 12 heteroatoms. The number of benzene rings is 3.